The number of carbonyl (C=O) groups excluding carboxylic acids is 1. The van der Waals surface area contributed by atoms with Crippen molar-refractivity contribution in [3.8, 4) is 11.5 Å². The SMILES string of the molecule is O=C(NCc1ccn[nH]1)N1CCCC1c1cccc2c1OCCO2. The van der Waals surface area contributed by atoms with Gasteiger partial charge in [0, 0.05) is 18.3 Å². The maximum Gasteiger partial charge on any atom is 0.318 e. The van der Waals surface area contributed by atoms with Crippen molar-refractivity contribution >= 4 is 6.03 Å². The van der Waals surface area contributed by atoms with Crippen molar-refractivity contribution < 1.29 is 14.3 Å². The Morgan fingerprint density at radius 2 is 2.25 bits per heavy atom. The molecular formula is C17H20N4O3. The minimum atomic E-state index is -0.0681. The maximum absolute atomic E-state index is 12.6. The maximum atomic E-state index is 12.6. The molecule has 2 aliphatic heterocycles. The molecule has 126 valence electrons. The van der Waals surface area contributed by atoms with Gasteiger partial charge in [0.25, 0.3) is 0 Å². The summed E-state index contributed by atoms with van der Waals surface area (Å²) in [6.45, 7) is 2.29. The van der Waals surface area contributed by atoms with Gasteiger partial charge in [-0.1, -0.05) is 12.1 Å². The summed E-state index contributed by atoms with van der Waals surface area (Å²) in [7, 11) is 0. The van der Waals surface area contributed by atoms with E-state index in [-0.39, 0.29) is 12.1 Å². The predicted molar refractivity (Wildman–Crippen MR) is 86.9 cm³/mol. The number of ether oxygens (including phenoxy) is 2. The molecule has 0 spiro atoms. The van der Waals surface area contributed by atoms with E-state index in [1.165, 1.54) is 0 Å². The average Bonchev–Trinajstić information content (AvgIpc) is 3.31. The van der Waals surface area contributed by atoms with E-state index in [2.05, 4.69) is 15.5 Å². The van der Waals surface area contributed by atoms with Crippen LogP contribution in [0.5, 0.6) is 11.5 Å². The molecule has 0 bridgehead atoms. The second-order valence-electron chi connectivity index (χ2n) is 5.96. The van der Waals surface area contributed by atoms with Crippen LogP contribution in [0.25, 0.3) is 0 Å². The predicted octanol–water partition coefficient (Wildman–Crippen LogP) is 2.23. The van der Waals surface area contributed by atoms with E-state index >= 15 is 0 Å². The lowest BCUT2D eigenvalue weighted by atomic mass is 10.0. The lowest BCUT2D eigenvalue weighted by molar-refractivity contribution is 0.163. The molecule has 1 aromatic heterocycles. The quantitative estimate of drug-likeness (QED) is 0.905. The van der Waals surface area contributed by atoms with Gasteiger partial charge in [-0.2, -0.15) is 5.10 Å². The third-order valence-electron chi connectivity index (χ3n) is 4.46. The van der Waals surface area contributed by atoms with Crippen molar-refractivity contribution in [3.63, 3.8) is 0 Å². The topological polar surface area (TPSA) is 79.5 Å². The number of rotatable bonds is 3. The fourth-order valence-electron chi connectivity index (χ4n) is 3.35. The largest absolute Gasteiger partial charge is 0.486 e. The summed E-state index contributed by atoms with van der Waals surface area (Å²) >= 11 is 0. The van der Waals surface area contributed by atoms with Crippen LogP contribution in [0.15, 0.2) is 30.5 Å². The number of H-pyrrole nitrogens is 1. The van der Waals surface area contributed by atoms with Crippen LogP contribution in [-0.4, -0.2) is 40.9 Å². The average molecular weight is 328 g/mol. The van der Waals surface area contributed by atoms with Crippen LogP contribution in [0.4, 0.5) is 4.79 Å². The van der Waals surface area contributed by atoms with Gasteiger partial charge in [-0.3, -0.25) is 5.10 Å². The van der Waals surface area contributed by atoms with Gasteiger partial charge in [0.15, 0.2) is 11.5 Å². The van der Waals surface area contributed by atoms with Crippen molar-refractivity contribution in [1.29, 1.82) is 0 Å². The van der Waals surface area contributed by atoms with E-state index in [9.17, 15) is 4.79 Å². The summed E-state index contributed by atoms with van der Waals surface area (Å²) in [4.78, 5) is 14.5. The monoisotopic (exact) mass is 328 g/mol. The number of aromatic amines is 1. The molecular weight excluding hydrogens is 308 g/mol. The number of para-hydroxylation sites is 1. The normalized spacial score (nSPS) is 19.3. The van der Waals surface area contributed by atoms with E-state index in [1.54, 1.807) is 6.20 Å². The van der Waals surface area contributed by atoms with Gasteiger partial charge in [-0.05, 0) is 25.0 Å². The molecule has 2 amide bonds. The van der Waals surface area contributed by atoms with Gasteiger partial charge in [-0.25, -0.2) is 4.79 Å². The fraction of sp³-hybridized carbons (Fsp3) is 0.412. The Morgan fingerprint density at radius 3 is 3.12 bits per heavy atom. The van der Waals surface area contributed by atoms with E-state index in [0.717, 1.165) is 42.1 Å². The van der Waals surface area contributed by atoms with Crippen molar-refractivity contribution in [2.24, 2.45) is 0 Å². The first-order valence-electron chi connectivity index (χ1n) is 8.24. The first-order chi connectivity index (χ1) is 11.8. The molecule has 2 aromatic rings. The standard InChI is InChI=1S/C17H20N4O3/c22-17(18-11-12-6-7-19-20-12)21-8-2-4-14(21)13-3-1-5-15-16(13)24-10-9-23-15/h1,3,5-7,14H,2,4,8-11H2,(H,18,22)(H,19,20). The van der Waals surface area contributed by atoms with Gasteiger partial charge in [0.05, 0.1) is 18.3 Å². The second-order valence-corrected chi connectivity index (χ2v) is 5.96. The highest BCUT2D eigenvalue weighted by Gasteiger charge is 2.33. The highest BCUT2D eigenvalue weighted by atomic mass is 16.6. The van der Waals surface area contributed by atoms with Crippen LogP contribution in [0.1, 0.15) is 30.1 Å². The fourth-order valence-corrected chi connectivity index (χ4v) is 3.35. The molecule has 1 unspecified atom stereocenters. The molecule has 2 aliphatic rings. The zero-order valence-electron chi connectivity index (χ0n) is 13.3. The van der Waals surface area contributed by atoms with Crippen LogP contribution in [-0.2, 0) is 6.54 Å². The number of carbonyl (C=O) groups is 1. The Labute approximate surface area is 139 Å². The van der Waals surface area contributed by atoms with Crippen LogP contribution >= 0.6 is 0 Å². The van der Waals surface area contributed by atoms with E-state index in [4.69, 9.17) is 9.47 Å². The zero-order chi connectivity index (χ0) is 16.4. The summed E-state index contributed by atoms with van der Waals surface area (Å²) in [5.74, 6) is 1.55. The first kappa shape index (κ1) is 14.9. The minimum Gasteiger partial charge on any atom is -0.486 e. The zero-order valence-corrected chi connectivity index (χ0v) is 13.3. The van der Waals surface area contributed by atoms with Gasteiger partial charge >= 0.3 is 6.03 Å². The third-order valence-corrected chi connectivity index (χ3v) is 4.46. The third kappa shape index (κ3) is 2.77. The minimum absolute atomic E-state index is 0.0171. The number of amides is 2. The smallest absolute Gasteiger partial charge is 0.318 e. The molecule has 2 N–H and O–H groups in total. The number of aromatic nitrogens is 2. The summed E-state index contributed by atoms with van der Waals surface area (Å²) < 4.78 is 11.5. The summed E-state index contributed by atoms with van der Waals surface area (Å²) in [5, 5.41) is 9.69. The number of likely N-dealkylation sites (tertiary alicyclic amines) is 1. The van der Waals surface area contributed by atoms with Gasteiger partial charge < -0.3 is 19.7 Å². The number of hydrogen-bond acceptors (Lipinski definition) is 4. The van der Waals surface area contributed by atoms with Crippen LogP contribution in [0.2, 0.25) is 0 Å². The first-order valence-corrected chi connectivity index (χ1v) is 8.24. The molecule has 1 fully saturated rings. The Bertz CT molecular complexity index is 717. The molecule has 0 radical (unpaired) electrons. The van der Waals surface area contributed by atoms with Crippen molar-refractivity contribution in [3.05, 3.63) is 41.7 Å². The number of benzene rings is 1. The van der Waals surface area contributed by atoms with Gasteiger partial charge in [0.1, 0.15) is 13.2 Å². The number of urea groups is 1. The number of nitrogens with zero attached hydrogens (tertiary/aromatic N) is 2. The van der Waals surface area contributed by atoms with E-state index < -0.39 is 0 Å². The molecule has 7 nitrogen and oxygen atoms in total. The molecule has 0 aliphatic carbocycles. The summed E-state index contributed by atoms with van der Waals surface area (Å²) in [6.07, 6.45) is 3.58. The summed E-state index contributed by atoms with van der Waals surface area (Å²) in [5.41, 5.74) is 1.91. The van der Waals surface area contributed by atoms with Gasteiger partial charge in [0.2, 0.25) is 0 Å². The molecule has 0 saturated carbocycles. The van der Waals surface area contributed by atoms with Crippen LogP contribution < -0.4 is 14.8 Å². The lowest BCUT2D eigenvalue weighted by Crippen LogP contribution is -2.39. The molecule has 1 aromatic carbocycles. The van der Waals surface area contributed by atoms with Crippen molar-refractivity contribution in [2.45, 2.75) is 25.4 Å². The van der Waals surface area contributed by atoms with E-state index in [1.807, 2.05) is 29.2 Å². The Balaban J connectivity index is 1.51. The van der Waals surface area contributed by atoms with Crippen LogP contribution in [0, 0.1) is 0 Å². The Hall–Kier alpha value is -2.70. The molecule has 4 rings (SSSR count). The Morgan fingerprint density at radius 1 is 1.33 bits per heavy atom. The second kappa shape index (κ2) is 6.43. The highest BCUT2D eigenvalue weighted by molar-refractivity contribution is 5.75. The number of nitrogens with one attached hydrogen (secondary N) is 2. The molecule has 1 atom stereocenters. The molecule has 1 saturated heterocycles. The Kier molecular flexibility index (Phi) is 3.98. The van der Waals surface area contributed by atoms with E-state index in [0.29, 0.717) is 19.8 Å². The van der Waals surface area contributed by atoms with Gasteiger partial charge in [-0.15, -0.1) is 0 Å². The molecule has 7 heteroatoms. The van der Waals surface area contributed by atoms with Crippen LogP contribution in [0.3, 0.4) is 0 Å². The summed E-state index contributed by atoms with van der Waals surface area (Å²) in [6, 6.07) is 7.70. The number of fused-ring (bicyclic) bond motifs is 1. The highest BCUT2D eigenvalue weighted by Crippen LogP contribution is 2.42. The lowest BCUT2D eigenvalue weighted by Gasteiger charge is -2.29. The molecule has 3 heterocycles. The molecule has 24 heavy (non-hydrogen) atoms. The van der Waals surface area contributed by atoms with Crippen molar-refractivity contribution in [2.75, 3.05) is 19.8 Å². The number of hydrogen-bond donors (Lipinski definition) is 2. The van der Waals surface area contributed by atoms with Crippen molar-refractivity contribution in [1.82, 2.24) is 20.4 Å².